The second kappa shape index (κ2) is 5.49. The van der Waals surface area contributed by atoms with Crippen LogP contribution in [0, 0.1) is 11.2 Å². The minimum absolute atomic E-state index is 0.163. The van der Waals surface area contributed by atoms with E-state index in [2.05, 4.69) is 20.9 Å². The van der Waals surface area contributed by atoms with Crippen LogP contribution in [0.15, 0.2) is 50.9 Å². The number of hydrogen-bond donors (Lipinski definition) is 2. The maximum atomic E-state index is 13.1. The number of hydrogen-bond acceptors (Lipinski definition) is 3. The molecular weight excluding hydrogens is 317 g/mol. The second-order valence-electron chi connectivity index (χ2n) is 3.45. The molecule has 0 aliphatic carbocycles. The lowest BCUT2D eigenvalue weighted by Gasteiger charge is -2.08. The summed E-state index contributed by atoms with van der Waals surface area (Å²) >= 11 is 4.72. The largest absolute Gasteiger partial charge is 0.384 e. The van der Waals surface area contributed by atoms with Crippen LogP contribution in [0.2, 0.25) is 0 Å². The first kappa shape index (κ1) is 13.0. The minimum atomic E-state index is -0.412. The van der Waals surface area contributed by atoms with E-state index in [-0.39, 0.29) is 5.84 Å². The van der Waals surface area contributed by atoms with Crippen molar-refractivity contribution in [3.63, 3.8) is 0 Å². The van der Waals surface area contributed by atoms with Gasteiger partial charge in [0.2, 0.25) is 0 Å². The Hall–Kier alpha value is -1.40. The first-order chi connectivity index (χ1) is 8.58. The molecule has 0 aliphatic heterocycles. The first-order valence-corrected chi connectivity index (χ1v) is 6.61. The third-order valence-corrected chi connectivity index (χ3v) is 4.16. The number of amidine groups is 1. The third kappa shape index (κ3) is 2.88. The number of aromatic nitrogens is 1. The van der Waals surface area contributed by atoms with Gasteiger partial charge >= 0.3 is 0 Å². The summed E-state index contributed by atoms with van der Waals surface area (Å²) in [4.78, 5) is 4.90. The number of nitrogen functional groups attached to an aromatic ring is 1. The lowest BCUT2D eigenvalue weighted by atomic mass is 10.2. The summed E-state index contributed by atoms with van der Waals surface area (Å²) < 4.78 is 14.0. The smallest absolute Gasteiger partial charge is 0.124 e. The van der Waals surface area contributed by atoms with Gasteiger partial charge in [0, 0.05) is 16.7 Å². The van der Waals surface area contributed by atoms with Crippen LogP contribution in [0.3, 0.4) is 0 Å². The highest BCUT2D eigenvalue weighted by molar-refractivity contribution is 9.10. The summed E-state index contributed by atoms with van der Waals surface area (Å²) in [5.41, 5.74) is 5.82. The first-order valence-electron chi connectivity index (χ1n) is 5.00. The van der Waals surface area contributed by atoms with Crippen molar-refractivity contribution in [2.45, 2.75) is 9.92 Å². The van der Waals surface area contributed by atoms with E-state index < -0.39 is 5.82 Å². The van der Waals surface area contributed by atoms with Gasteiger partial charge in [-0.3, -0.25) is 5.41 Å². The quantitative estimate of drug-likeness (QED) is 0.671. The Morgan fingerprint density at radius 2 is 2.17 bits per heavy atom. The number of nitrogens with zero attached hydrogens (tertiary/aromatic N) is 1. The van der Waals surface area contributed by atoms with Crippen LogP contribution in [-0.2, 0) is 0 Å². The zero-order valence-electron chi connectivity index (χ0n) is 9.15. The zero-order chi connectivity index (χ0) is 13.1. The molecule has 0 bridgehead atoms. The van der Waals surface area contributed by atoms with E-state index in [1.54, 1.807) is 12.3 Å². The molecule has 3 N–H and O–H groups in total. The van der Waals surface area contributed by atoms with Gasteiger partial charge in [-0.05, 0) is 46.3 Å². The normalized spacial score (nSPS) is 10.3. The van der Waals surface area contributed by atoms with Crippen molar-refractivity contribution in [1.82, 2.24) is 4.98 Å². The lowest BCUT2D eigenvalue weighted by Crippen LogP contribution is -2.12. The molecule has 0 aliphatic rings. The van der Waals surface area contributed by atoms with Crippen LogP contribution < -0.4 is 5.73 Å². The molecule has 0 radical (unpaired) electrons. The molecule has 2 aromatic rings. The van der Waals surface area contributed by atoms with Crippen molar-refractivity contribution in [2.24, 2.45) is 5.73 Å². The molecule has 0 saturated heterocycles. The molecule has 0 amide bonds. The number of halogens is 2. The highest BCUT2D eigenvalue weighted by atomic mass is 79.9. The molecule has 18 heavy (non-hydrogen) atoms. The Labute approximate surface area is 116 Å². The van der Waals surface area contributed by atoms with Crippen LogP contribution in [0.1, 0.15) is 5.56 Å². The summed E-state index contributed by atoms with van der Waals surface area (Å²) in [5.74, 6) is -0.575. The average Bonchev–Trinajstić information content (AvgIpc) is 2.34. The molecule has 1 aromatic heterocycles. The predicted molar refractivity (Wildman–Crippen MR) is 73.5 cm³/mol. The van der Waals surface area contributed by atoms with Crippen LogP contribution in [-0.4, -0.2) is 10.8 Å². The Morgan fingerprint density at radius 1 is 1.39 bits per heavy atom. The van der Waals surface area contributed by atoms with Crippen molar-refractivity contribution in [1.29, 1.82) is 5.41 Å². The van der Waals surface area contributed by atoms with Crippen molar-refractivity contribution in [3.8, 4) is 0 Å². The summed E-state index contributed by atoms with van der Waals surface area (Å²) in [7, 11) is 0. The maximum Gasteiger partial charge on any atom is 0.124 e. The van der Waals surface area contributed by atoms with Gasteiger partial charge in [0.1, 0.15) is 16.7 Å². The molecule has 6 heteroatoms. The molecule has 1 heterocycles. The van der Waals surface area contributed by atoms with Crippen molar-refractivity contribution < 1.29 is 4.39 Å². The van der Waals surface area contributed by atoms with E-state index in [9.17, 15) is 4.39 Å². The molecule has 0 unspecified atom stereocenters. The second-order valence-corrected chi connectivity index (χ2v) is 5.33. The van der Waals surface area contributed by atoms with Gasteiger partial charge in [0.15, 0.2) is 0 Å². The standard InChI is InChI=1S/C12H9BrFN3S/c13-9-2-1-5-17-12(9)18-10-4-3-7(14)6-8(10)11(15)16/h1-6H,(H3,15,16). The van der Waals surface area contributed by atoms with Crippen LogP contribution in [0.4, 0.5) is 4.39 Å². The molecule has 1 aromatic carbocycles. The van der Waals surface area contributed by atoms with Gasteiger partial charge in [-0.15, -0.1) is 0 Å². The summed E-state index contributed by atoms with van der Waals surface area (Å²) in [5, 5.41) is 8.20. The Balaban J connectivity index is 2.41. The highest BCUT2D eigenvalue weighted by Crippen LogP contribution is 2.33. The van der Waals surface area contributed by atoms with E-state index in [4.69, 9.17) is 11.1 Å². The summed E-state index contributed by atoms with van der Waals surface area (Å²) in [6, 6.07) is 7.86. The average molecular weight is 326 g/mol. The third-order valence-electron chi connectivity index (χ3n) is 2.16. The van der Waals surface area contributed by atoms with Crippen LogP contribution >= 0.6 is 27.7 Å². The van der Waals surface area contributed by atoms with Gasteiger partial charge in [-0.2, -0.15) is 0 Å². The predicted octanol–water partition coefficient (Wildman–Crippen LogP) is 3.42. The Bertz CT molecular complexity index is 604. The number of rotatable bonds is 3. The number of nitrogens with one attached hydrogen (secondary N) is 1. The fourth-order valence-electron chi connectivity index (χ4n) is 1.35. The van der Waals surface area contributed by atoms with Crippen molar-refractivity contribution in [2.75, 3.05) is 0 Å². The van der Waals surface area contributed by atoms with E-state index in [0.717, 1.165) is 9.50 Å². The summed E-state index contributed by atoms with van der Waals surface area (Å²) in [6.07, 6.45) is 1.67. The SMILES string of the molecule is N=C(N)c1cc(F)ccc1Sc1ncccc1Br. The number of nitrogens with two attached hydrogens (primary N) is 1. The van der Waals surface area contributed by atoms with E-state index in [0.29, 0.717) is 10.5 Å². The minimum Gasteiger partial charge on any atom is -0.384 e. The molecular formula is C12H9BrFN3S. The zero-order valence-corrected chi connectivity index (χ0v) is 11.6. The molecule has 0 saturated carbocycles. The van der Waals surface area contributed by atoms with Gasteiger partial charge in [0.05, 0.1) is 4.47 Å². The molecule has 2 rings (SSSR count). The fraction of sp³-hybridized carbons (Fsp3) is 0. The summed E-state index contributed by atoms with van der Waals surface area (Å²) in [6.45, 7) is 0. The van der Waals surface area contributed by atoms with E-state index >= 15 is 0 Å². The molecule has 92 valence electrons. The molecule has 3 nitrogen and oxygen atoms in total. The Kier molecular flexibility index (Phi) is 3.98. The lowest BCUT2D eigenvalue weighted by molar-refractivity contribution is 0.626. The monoisotopic (exact) mass is 325 g/mol. The number of benzene rings is 1. The van der Waals surface area contributed by atoms with Crippen LogP contribution in [0.5, 0.6) is 0 Å². The van der Waals surface area contributed by atoms with Gasteiger partial charge < -0.3 is 5.73 Å². The van der Waals surface area contributed by atoms with Gasteiger partial charge in [0.25, 0.3) is 0 Å². The van der Waals surface area contributed by atoms with E-state index in [1.807, 2.05) is 12.1 Å². The van der Waals surface area contributed by atoms with Crippen LogP contribution in [0.25, 0.3) is 0 Å². The molecule has 0 fully saturated rings. The van der Waals surface area contributed by atoms with E-state index in [1.165, 1.54) is 23.9 Å². The van der Waals surface area contributed by atoms with Crippen molar-refractivity contribution in [3.05, 3.63) is 52.4 Å². The van der Waals surface area contributed by atoms with Gasteiger partial charge in [-0.1, -0.05) is 11.8 Å². The van der Waals surface area contributed by atoms with Gasteiger partial charge in [-0.25, -0.2) is 9.37 Å². The van der Waals surface area contributed by atoms with Crippen molar-refractivity contribution >= 4 is 33.5 Å². The number of pyridine rings is 1. The fourth-order valence-corrected chi connectivity index (χ4v) is 2.75. The highest BCUT2D eigenvalue weighted by Gasteiger charge is 2.10. The Morgan fingerprint density at radius 3 is 2.83 bits per heavy atom. The molecule has 0 spiro atoms. The molecule has 0 atom stereocenters. The maximum absolute atomic E-state index is 13.1. The topological polar surface area (TPSA) is 62.8 Å².